The van der Waals surface area contributed by atoms with Gasteiger partial charge in [0.2, 0.25) is 11.8 Å². The number of carbonyl (C=O) groups excluding carboxylic acids is 2. The summed E-state index contributed by atoms with van der Waals surface area (Å²) < 4.78 is 0. The molecule has 2 amide bonds. The zero-order valence-corrected chi connectivity index (χ0v) is 15.0. The Kier molecular flexibility index (Phi) is 4.95. The van der Waals surface area contributed by atoms with Crippen LogP contribution in [0.2, 0.25) is 5.02 Å². The zero-order chi connectivity index (χ0) is 18.0. The average molecular weight is 358 g/mol. The van der Waals surface area contributed by atoms with E-state index in [9.17, 15) is 9.59 Å². The lowest BCUT2D eigenvalue weighted by atomic mass is 10.1. The lowest BCUT2D eigenvalue weighted by Gasteiger charge is -2.24. The van der Waals surface area contributed by atoms with E-state index in [1.165, 1.54) is 0 Å². The number of anilines is 3. The molecule has 25 heavy (non-hydrogen) atoms. The maximum Gasteiger partial charge on any atom is 0.247 e. The van der Waals surface area contributed by atoms with Crippen LogP contribution in [-0.2, 0) is 9.59 Å². The van der Waals surface area contributed by atoms with Gasteiger partial charge in [-0.3, -0.25) is 14.5 Å². The first-order chi connectivity index (χ1) is 12.0. The van der Waals surface area contributed by atoms with Crippen LogP contribution in [0.15, 0.2) is 48.5 Å². The van der Waals surface area contributed by atoms with E-state index in [1.54, 1.807) is 29.2 Å². The number of carbonyl (C=O) groups is 2. The second kappa shape index (κ2) is 7.15. The molecule has 3 rings (SSSR count). The summed E-state index contributed by atoms with van der Waals surface area (Å²) in [5, 5.41) is 3.50. The normalized spacial score (nSPS) is 16.8. The molecule has 1 atom stereocenters. The summed E-state index contributed by atoms with van der Waals surface area (Å²) in [7, 11) is 3.92. The molecule has 1 unspecified atom stereocenters. The van der Waals surface area contributed by atoms with Crippen molar-refractivity contribution in [2.45, 2.75) is 18.9 Å². The second-order valence-corrected chi connectivity index (χ2v) is 6.66. The van der Waals surface area contributed by atoms with Crippen molar-refractivity contribution < 1.29 is 9.59 Å². The molecule has 0 bridgehead atoms. The fourth-order valence-electron chi connectivity index (χ4n) is 2.93. The Balaban J connectivity index is 1.76. The molecule has 1 heterocycles. The van der Waals surface area contributed by atoms with Crippen LogP contribution < -0.4 is 15.1 Å². The highest BCUT2D eigenvalue weighted by atomic mass is 35.5. The van der Waals surface area contributed by atoms with Crippen molar-refractivity contribution in [3.8, 4) is 0 Å². The molecule has 1 saturated heterocycles. The molecule has 0 radical (unpaired) electrons. The van der Waals surface area contributed by atoms with Crippen LogP contribution in [0.3, 0.4) is 0 Å². The van der Waals surface area contributed by atoms with Crippen LogP contribution in [0.1, 0.15) is 12.8 Å². The summed E-state index contributed by atoms with van der Waals surface area (Å²) in [5.74, 6) is -0.233. The van der Waals surface area contributed by atoms with Crippen LogP contribution in [0.5, 0.6) is 0 Å². The number of nitrogens with zero attached hydrogens (tertiary/aromatic N) is 2. The fourth-order valence-corrected chi connectivity index (χ4v) is 3.05. The summed E-state index contributed by atoms with van der Waals surface area (Å²) in [6, 6.07) is 14.0. The second-order valence-electron chi connectivity index (χ2n) is 6.23. The van der Waals surface area contributed by atoms with Crippen LogP contribution in [-0.4, -0.2) is 32.0 Å². The van der Waals surface area contributed by atoms with Gasteiger partial charge in [-0.2, -0.15) is 0 Å². The maximum absolute atomic E-state index is 12.7. The summed E-state index contributed by atoms with van der Waals surface area (Å²) in [4.78, 5) is 28.5. The van der Waals surface area contributed by atoms with Crippen molar-refractivity contribution in [3.05, 3.63) is 53.6 Å². The first kappa shape index (κ1) is 17.3. The molecule has 1 fully saturated rings. The number of hydrogen-bond donors (Lipinski definition) is 1. The number of nitrogens with one attached hydrogen (secondary N) is 1. The average Bonchev–Trinajstić information content (AvgIpc) is 2.98. The number of rotatable bonds is 4. The molecule has 1 N–H and O–H groups in total. The van der Waals surface area contributed by atoms with Gasteiger partial charge >= 0.3 is 0 Å². The third-order valence-electron chi connectivity index (χ3n) is 4.27. The molecular weight excluding hydrogens is 338 g/mol. The van der Waals surface area contributed by atoms with E-state index in [0.29, 0.717) is 29.2 Å². The van der Waals surface area contributed by atoms with Gasteiger partial charge in [0.05, 0.1) is 0 Å². The van der Waals surface area contributed by atoms with Gasteiger partial charge in [-0.25, -0.2) is 0 Å². The minimum absolute atomic E-state index is 0.0505. The summed E-state index contributed by atoms with van der Waals surface area (Å²) in [5.41, 5.74) is 2.46. The van der Waals surface area contributed by atoms with E-state index in [4.69, 9.17) is 11.6 Å². The minimum Gasteiger partial charge on any atom is -0.378 e. The molecule has 6 heteroatoms. The molecular formula is C19H20ClN3O2. The van der Waals surface area contributed by atoms with E-state index in [2.05, 4.69) is 5.32 Å². The SMILES string of the molecule is CN(C)c1ccc(NC(=O)C2CCC(=O)N2c2ccc(Cl)cc2)cc1. The van der Waals surface area contributed by atoms with Crippen molar-refractivity contribution in [3.63, 3.8) is 0 Å². The van der Waals surface area contributed by atoms with Gasteiger partial charge in [0.15, 0.2) is 0 Å². The fraction of sp³-hybridized carbons (Fsp3) is 0.263. The van der Waals surface area contributed by atoms with Crippen LogP contribution in [0.4, 0.5) is 17.1 Å². The van der Waals surface area contributed by atoms with Gasteiger partial charge < -0.3 is 10.2 Å². The van der Waals surface area contributed by atoms with Gasteiger partial charge in [-0.05, 0) is 55.0 Å². The molecule has 1 aliphatic rings. The number of benzene rings is 2. The molecule has 2 aromatic rings. The topological polar surface area (TPSA) is 52.7 Å². The van der Waals surface area contributed by atoms with Crippen molar-refractivity contribution in [1.29, 1.82) is 0 Å². The van der Waals surface area contributed by atoms with Gasteiger partial charge in [0, 0.05) is 42.6 Å². The van der Waals surface area contributed by atoms with Gasteiger partial charge in [0.1, 0.15) is 6.04 Å². The molecule has 0 aromatic heterocycles. The van der Waals surface area contributed by atoms with E-state index in [-0.39, 0.29) is 11.8 Å². The van der Waals surface area contributed by atoms with E-state index in [1.807, 2.05) is 43.3 Å². The molecule has 5 nitrogen and oxygen atoms in total. The van der Waals surface area contributed by atoms with E-state index < -0.39 is 6.04 Å². The summed E-state index contributed by atoms with van der Waals surface area (Å²) in [6.45, 7) is 0. The highest BCUT2D eigenvalue weighted by Crippen LogP contribution is 2.28. The number of hydrogen-bond acceptors (Lipinski definition) is 3. The van der Waals surface area contributed by atoms with Crippen molar-refractivity contribution in [2.75, 3.05) is 29.2 Å². The minimum atomic E-state index is -0.512. The Morgan fingerprint density at radius 2 is 1.76 bits per heavy atom. The van der Waals surface area contributed by atoms with Gasteiger partial charge in [0.25, 0.3) is 0 Å². The lowest BCUT2D eigenvalue weighted by Crippen LogP contribution is -2.41. The predicted molar refractivity (Wildman–Crippen MR) is 101 cm³/mol. The third kappa shape index (κ3) is 3.77. The molecule has 2 aromatic carbocycles. The van der Waals surface area contributed by atoms with Crippen molar-refractivity contribution >= 4 is 40.5 Å². The number of halogens is 1. The van der Waals surface area contributed by atoms with Crippen LogP contribution in [0.25, 0.3) is 0 Å². The van der Waals surface area contributed by atoms with Crippen molar-refractivity contribution in [1.82, 2.24) is 0 Å². The number of amides is 2. The van der Waals surface area contributed by atoms with Crippen molar-refractivity contribution in [2.24, 2.45) is 0 Å². The predicted octanol–water partition coefficient (Wildman–Crippen LogP) is 3.54. The molecule has 1 aliphatic heterocycles. The first-order valence-electron chi connectivity index (χ1n) is 8.11. The zero-order valence-electron chi connectivity index (χ0n) is 14.2. The standard InChI is InChI=1S/C19H20ClN3O2/c1-22(2)15-9-5-14(6-10-15)21-19(25)17-11-12-18(24)23(17)16-7-3-13(20)4-8-16/h3-10,17H,11-12H2,1-2H3,(H,21,25). The Morgan fingerprint density at radius 1 is 1.12 bits per heavy atom. The summed E-state index contributed by atoms with van der Waals surface area (Å²) in [6.07, 6.45) is 0.864. The van der Waals surface area contributed by atoms with Crippen LogP contribution >= 0.6 is 11.6 Å². The smallest absolute Gasteiger partial charge is 0.247 e. The lowest BCUT2D eigenvalue weighted by molar-refractivity contribution is -0.120. The quantitative estimate of drug-likeness (QED) is 0.910. The maximum atomic E-state index is 12.7. The summed E-state index contributed by atoms with van der Waals surface area (Å²) >= 11 is 5.91. The monoisotopic (exact) mass is 357 g/mol. The Hall–Kier alpha value is -2.53. The van der Waals surface area contributed by atoms with Gasteiger partial charge in [-0.15, -0.1) is 0 Å². The van der Waals surface area contributed by atoms with Gasteiger partial charge in [-0.1, -0.05) is 11.6 Å². The molecule has 0 spiro atoms. The van der Waals surface area contributed by atoms with E-state index in [0.717, 1.165) is 5.69 Å². The Bertz CT molecular complexity index is 772. The largest absolute Gasteiger partial charge is 0.378 e. The molecule has 0 saturated carbocycles. The molecule has 130 valence electrons. The highest BCUT2D eigenvalue weighted by molar-refractivity contribution is 6.30. The first-order valence-corrected chi connectivity index (χ1v) is 8.49. The Morgan fingerprint density at radius 3 is 2.36 bits per heavy atom. The van der Waals surface area contributed by atoms with E-state index >= 15 is 0 Å². The highest BCUT2D eigenvalue weighted by Gasteiger charge is 2.37. The van der Waals surface area contributed by atoms with Crippen LogP contribution in [0, 0.1) is 0 Å². The Labute approximate surface area is 152 Å². The molecule has 0 aliphatic carbocycles. The third-order valence-corrected chi connectivity index (χ3v) is 4.52.